The Morgan fingerprint density at radius 3 is 2.81 bits per heavy atom. The molecule has 1 saturated heterocycles. The van der Waals surface area contributed by atoms with Crippen LogP contribution in [0.3, 0.4) is 0 Å². The zero-order valence-corrected chi connectivity index (χ0v) is 19.3. The summed E-state index contributed by atoms with van der Waals surface area (Å²) in [7, 11) is 1.27. The molecule has 1 fully saturated rings. The lowest BCUT2D eigenvalue weighted by molar-refractivity contribution is -0.0675. The monoisotopic (exact) mass is 512 g/mol. The van der Waals surface area contributed by atoms with Crippen LogP contribution in [0.2, 0.25) is 0 Å². The third-order valence-corrected chi connectivity index (χ3v) is 6.20. The summed E-state index contributed by atoms with van der Waals surface area (Å²) >= 11 is 0. The van der Waals surface area contributed by atoms with E-state index >= 15 is 4.39 Å². The van der Waals surface area contributed by atoms with E-state index in [-0.39, 0.29) is 35.9 Å². The lowest BCUT2D eigenvalue weighted by Gasteiger charge is -2.36. The Labute approximate surface area is 206 Å². The van der Waals surface area contributed by atoms with Gasteiger partial charge in [0, 0.05) is 10.7 Å². The maximum atomic E-state index is 15.3. The zero-order valence-electron chi connectivity index (χ0n) is 22.3. The van der Waals surface area contributed by atoms with Crippen molar-refractivity contribution in [1.82, 2.24) is 29.0 Å². The number of fused-ring (bicyclic) bond motifs is 2. The van der Waals surface area contributed by atoms with E-state index in [2.05, 4.69) is 20.4 Å². The number of halogens is 5. The number of methoxy groups -OCH3 is 1. The molecule has 192 valence electrons. The van der Waals surface area contributed by atoms with Crippen LogP contribution in [0.5, 0.6) is 5.88 Å². The molecule has 8 nitrogen and oxygen atoms in total. The van der Waals surface area contributed by atoms with Gasteiger partial charge in [0.05, 0.1) is 49.0 Å². The number of imidazole rings is 1. The molecule has 1 N–H and O–H groups in total. The Balaban J connectivity index is 1.52. The highest BCUT2D eigenvalue weighted by Crippen LogP contribution is 2.36. The molecule has 1 aromatic carbocycles. The van der Waals surface area contributed by atoms with Crippen LogP contribution in [-0.4, -0.2) is 74.6 Å². The topological polar surface area (TPSA) is 72.5 Å². The average molecular weight is 513 g/mol. The van der Waals surface area contributed by atoms with Gasteiger partial charge in [-0.3, -0.25) is 0 Å². The molecule has 13 heteroatoms. The maximum Gasteiger partial charge on any atom is 0.280 e. The molecule has 3 aromatic heterocycles. The van der Waals surface area contributed by atoms with Gasteiger partial charge in [0.2, 0.25) is 11.8 Å². The van der Waals surface area contributed by atoms with Crippen molar-refractivity contribution in [2.24, 2.45) is 0 Å². The number of aromatic nitrogens is 5. The van der Waals surface area contributed by atoms with Crippen molar-refractivity contribution >= 4 is 22.5 Å². The van der Waals surface area contributed by atoms with Crippen molar-refractivity contribution in [2.75, 3.05) is 32.5 Å². The third-order valence-electron chi connectivity index (χ3n) is 6.20. The first-order chi connectivity index (χ1) is 18.3. The lowest BCUT2D eigenvalue weighted by Crippen LogP contribution is -2.53. The summed E-state index contributed by atoms with van der Waals surface area (Å²) in [5.41, 5.74) is 1.29. The van der Waals surface area contributed by atoms with Crippen molar-refractivity contribution in [3.8, 4) is 17.0 Å². The van der Waals surface area contributed by atoms with Gasteiger partial charge >= 0.3 is 0 Å². The van der Waals surface area contributed by atoms with E-state index in [1.165, 1.54) is 17.7 Å². The Bertz CT molecular complexity index is 1540. The molecular formula is C23H24F5N7O. The molecule has 1 aliphatic rings. The van der Waals surface area contributed by atoms with E-state index in [0.29, 0.717) is 22.4 Å². The minimum absolute atomic E-state index is 0.0269. The predicted octanol–water partition coefficient (Wildman–Crippen LogP) is 4.22. The summed E-state index contributed by atoms with van der Waals surface area (Å²) in [6.07, 6.45) is -1.79. The Morgan fingerprint density at radius 1 is 1.31 bits per heavy atom. The van der Waals surface area contributed by atoms with Crippen molar-refractivity contribution in [3.05, 3.63) is 36.0 Å². The first kappa shape index (κ1) is 20.7. The number of anilines is 1. The number of piperidine rings is 1. The normalized spacial score (nSPS) is 20.0. The SMILES string of the molecule is [2H]C([2H])([2H])N1CCC(Nc2nc(OC)c3c(-c4ccc5nc(C)n(CC(F)F)c5c4)c(F)cn3n2)C(F)(F)C1. The number of likely N-dealkylation sites (tertiary alicyclic amines) is 1. The summed E-state index contributed by atoms with van der Waals surface area (Å²) in [4.78, 5) is 9.18. The summed E-state index contributed by atoms with van der Waals surface area (Å²) in [6, 6.07) is 3.21. The molecule has 0 saturated carbocycles. The zero-order chi connectivity index (χ0) is 28.3. The van der Waals surface area contributed by atoms with Gasteiger partial charge in [0.1, 0.15) is 11.3 Å². The second-order valence-corrected chi connectivity index (χ2v) is 8.62. The van der Waals surface area contributed by atoms with Crippen LogP contribution in [0.15, 0.2) is 24.4 Å². The number of benzene rings is 1. The first-order valence-electron chi connectivity index (χ1n) is 12.6. The molecule has 0 spiro atoms. The highest BCUT2D eigenvalue weighted by molar-refractivity contribution is 5.90. The first-order valence-corrected chi connectivity index (χ1v) is 11.1. The number of rotatable bonds is 6. The van der Waals surface area contributed by atoms with Gasteiger partial charge in [0.15, 0.2) is 5.82 Å². The fraction of sp³-hybridized carbons (Fsp3) is 0.435. The molecule has 36 heavy (non-hydrogen) atoms. The molecular weight excluding hydrogens is 485 g/mol. The largest absolute Gasteiger partial charge is 0.479 e. The Hall–Kier alpha value is -3.48. The standard InChI is InChI=1S/C23H24F5N7O/c1-12-29-15-5-4-13(8-16(15)34(12)10-18(25)26)19-14(24)9-35-20(19)21(36-3)31-22(32-35)30-17-6-7-33(2)11-23(17,27)28/h4-5,8-9,17-18H,6-7,10-11H2,1-3H3,(H,30,32)/i2D3. The summed E-state index contributed by atoms with van der Waals surface area (Å²) in [6.45, 7) is -2.71. The molecule has 0 radical (unpaired) electrons. The third kappa shape index (κ3) is 4.21. The number of aryl methyl sites for hydroxylation is 1. The fourth-order valence-corrected chi connectivity index (χ4v) is 4.54. The number of nitrogens with zero attached hydrogens (tertiary/aromatic N) is 6. The van der Waals surface area contributed by atoms with E-state index in [1.54, 1.807) is 19.1 Å². The summed E-state index contributed by atoms with van der Waals surface area (Å²) < 4.78 is 101. The molecule has 1 unspecified atom stereocenters. The predicted molar refractivity (Wildman–Crippen MR) is 123 cm³/mol. The van der Waals surface area contributed by atoms with Crippen LogP contribution in [0.4, 0.5) is 27.9 Å². The van der Waals surface area contributed by atoms with Crippen molar-refractivity contribution < 1.29 is 30.8 Å². The van der Waals surface area contributed by atoms with E-state index in [0.717, 1.165) is 15.6 Å². The van der Waals surface area contributed by atoms with Gasteiger partial charge < -0.3 is 19.5 Å². The van der Waals surface area contributed by atoms with Gasteiger partial charge in [-0.2, -0.15) is 4.98 Å². The van der Waals surface area contributed by atoms with Gasteiger partial charge in [-0.05, 0) is 38.0 Å². The van der Waals surface area contributed by atoms with Crippen molar-refractivity contribution in [3.63, 3.8) is 0 Å². The van der Waals surface area contributed by atoms with E-state index in [9.17, 15) is 17.6 Å². The molecule has 0 bridgehead atoms. The molecule has 4 aromatic rings. The second kappa shape index (κ2) is 8.87. The number of ether oxygens (including phenoxy) is 1. The molecule has 0 aliphatic carbocycles. The average Bonchev–Trinajstić information content (AvgIpc) is 3.33. The number of hydrogen-bond donors (Lipinski definition) is 1. The quantitative estimate of drug-likeness (QED) is 0.390. The summed E-state index contributed by atoms with van der Waals surface area (Å²) in [5, 5.41) is 6.68. The fourth-order valence-electron chi connectivity index (χ4n) is 4.54. The highest BCUT2D eigenvalue weighted by Gasteiger charge is 2.44. The minimum Gasteiger partial charge on any atom is -0.479 e. The Morgan fingerprint density at radius 2 is 2.11 bits per heavy atom. The summed E-state index contributed by atoms with van der Waals surface area (Å²) in [5.74, 6) is -4.16. The highest BCUT2D eigenvalue weighted by atomic mass is 19.3. The smallest absolute Gasteiger partial charge is 0.280 e. The van der Waals surface area contributed by atoms with E-state index in [1.807, 2.05) is 0 Å². The van der Waals surface area contributed by atoms with Crippen LogP contribution >= 0.6 is 0 Å². The van der Waals surface area contributed by atoms with E-state index in [4.69, 9.17) is 8.85 Å². The van der Waals surface area contributed by atoms with Gasteiger partial charge in [-0.1, -0.05) is 6.07 Å². The Kier molecular flexibility index (Phi) is 5.10. The molecule has 1 atom stereocenters. The van der Waals surface area contributed by atoms with Crippen molar-refractivity contribution in [1.29, 1.82) is 0 Å². The van der Waals surface area contributed by atoms with Crippen LogP contribution in [0.25, 0.3) is 27.7 Å². The van der Waals surface area contributed by atoms with Crippen molar-refractivity contribution in [2.45, 2.75) is 38.3 Å². The van der Waals surface area contributed by atoms with Gasteiger partial charge in [-0.25, -0.2) is 31.5 Å². The molecule has 4 heterocycles. The van der Waals surface area contributed by atoms with Gasteiger partial charge in [0.25, 0.3) is 12.3 Å². The number of hydrogen-bond acceptors (Lipinski definition) is 6. The van der Waals surface area contributed by atoms with Gasteiger partial charge in [-0.15, -0.1) is 5.10 Å². The van der Waals surface area contributed by atoms with Crippen LogP contribution in [0, 0.1) is 12.7 Å². The maximum absolute atomic E-state index is 15.3. The van der Waals surface area contributed by atoms with Crippen LogP contribution < -0.4 is 10.1 Å². The molecule has 0 amide bonds. The van der Waals surface area contributed by atoms with Crippen LogP contribution in [-0.2, 0) is 6.54 Å². The molecule has 1 aliphatic heterocycles. The molecule has 5 rings (SSSR count). The minimum atomic E-state index is -3.42. The van der Waals surface area contributed by atoms with Crippen LogP contribution in [0.1, 0.15) is 16.4 Å². The number of nitrogens with one attached hydrogen (secondary N) is 1. The van der Waals surface area contributed by atoms with E-state index < -0.39 is 44.3 Å². The lowest BCUT2D eigenvalue weighted by atomic mass is 10.0. The number of alkyl halides is 4. The second-order valence-electron chi connectivity index (χ2n) is 8.62.